The van der Waals surface area contributed by atoms with E-state index in [0.717, 1.165) is 24.3 Å². The summed E-state index contributed by atoms with van der Waals surface area (Å²) < 4.78 is 0. The SMILES string of the molecule is CC1(C)CCN(CC(O)C23CC4CC(CC(C4)C2)C3)C1. The Morgan fingerprint density at radius 2 is 1.60 bits per heavy atom. The molecule has 114 valence electrons. The van der Waals surface area contributed by atoms with E-state index in [9.17, 15) is 5.11 Å². The number of aliphatic hydroxyl groups excluding tert-OH is 1. The molecule has 1 N–H and O–H groups in total. The van der Waals surface area contributed by atoms with Crippen LogP contribution in [-0.2, 0) is 0 Å². The van der Waals surface area contributed by atoms with E-state index in [1.54, 1.807) is 0 Å². The molecule has 4 saturated carbocycles. The molecule has 0 radical (unpaired) electrons. The van der Waals surface area contributed by atoms with Gasteiger partial charge in [-0.3, -0.25) is 0 Å². The quantitative estimate of drug-likeness (QED) is 0.855. The van der Waals surface area contributed by atoms with Crippen LogP contribution in [0.4, 0.5) is 0 Å². The third kappa shape index (κ3) is 2.23. The Morgan fingerprint density at radius 1 is 1.05 bits per heavy atom. The Kier molecular flexibility index (Phi) is 3.03. The minimum atomic E-state index is -0.0650. The molecule has 20 heavy (non-hydrogen) atoms. The third-order valence-electron chi connectivity index (χ3n) is 6.98. The van der Waals surface area contributed by atoms with Crippen molar-refractivity contribution in [2.75, 3.05) is 19.6 Å². The maximum atomic E-state index is 11.0. The average Bonchev–Trinajstić information content (AvgIpc) is 2.67. The molecule has 1 atom stereocenters. The van der Waals surface area contributed by atoms with Crippen molar-refractivity contribution in [1.82, 2.24) is 4.90 Å². The molecule has 1 unspecified atom stereocenters. The Hall–Kier alpha value is -0.0800. The first-order valence-corrected chi connectivity index (χ1v) is 8.85. The van der Waals surface area contributed by atoms with Gasteiger partial charge in [0.05, 0.1) is 6.10 Å². The van der Waals surface area contributed by atoms with Gasteiger partial charge >= 0.3 is 0 Å². The van der Waals surface area contributed by atoms with Gasteiger partial charge in [0.2, 0.25) is 0 Å². The Balaban J connectivity index is 1.44. The summed E-state index contributed by atoms with van der Waals surface area (Å²) in [6.45, 7) is 8.04. The van der Waals surface area contributed by atoms with E-state index in [1.165, 1.54) is 58.0 Å². The van der Waals surface area contributed by atoms with Crippen LogP contribution in [0.15, 0.2) is 0 Å². The highest BCUT2D eigenvalue weighted by atomic mass is 16.3. The summed E-state index contributed by atoms with van der Waals surface area (Å²) in [5.74, 6) is 2.85. The number of hydrogen-bond donors (Lipinski definition) is 1. The van der Waals surface area contributed by atoms with Gasteiger partial charge in [-0.05, 0) is 80.1 Å². The number of nitrogens with zero attached hydrogens (tertiary/aromatic N) is 1. The van der Waals surface area contributed by atoms with Crippen LogP contribution in [0, 0.1) is 28.6 Å². The van der Waals surface area contributed by atoms with Crippen molar-refractivity contribution in [3.8, 4) is 0 Å². The van der Waals surface area contributed by atoms with Crippen LogP contribution in [0.2, 0.25) is 0 Å². The minimum Gasteiger partial charge on any atom is -0.391 e. The number of rotatable bonds is 3. The molecule has 0 amide bonds. The fourth-order valence-corrected chi connectivity index (χ4v) is 6.40. The van der Waals surface area contributed by atoms with E-state index in [1.807, 2.05) is 0 Å². The summed E-state index contributed by atoms with van der Waals surface area (Å²) >= 11 is 0. The lowest BCUT2D eigenvalue weighted by Gasteiger charge is -2.58. The molecule has 4 aliphatic carbocycles. The second-order valence-corrected chi connectivity index (χ2v) is 9.45. The fraction of sp³-hybridized carbons (Fsp3) is 1.00. The van der Waals surface area contributed by atoms with Crippen molar-refractivity contribution in [3.05, 3.63) is 0 Å². The highest BCUT2D eigenvalue weighted by molar-refractivity contribution is 5.05. The zero-order valence-corrected chi connectivity index (χ0v) is 13.3. The summed E-state index contributed by atoms with van der Waals surface area (Å²) in [5, 5.41) is 11.0. The highest BCUT2D eigenvalue weighted by Crippen LogP contribution is 2.61. The van der Waals surface area contributed by atoms with Gasteiger partial charge in [0.25, 0.3) is 0 Å². The summed E-state index contributed by atoms with van der Waals surface area (Å²) in [6.07, 6.45) is 9.64. The molecular weight excluding hydrogens is 246 g/mol. The van der Waals surface area contributed by atoms with Crippen LogP contribution in [0.3, 0.4) is 0 Å². The second kappa shape index (κ2) is 4.46. The molecule has 5 aliphatic rings. The topological polar surface area (TPSA) is 23.5 Å². The van der Waals surface area contributed by atoms with Crippen molar-refractivity contribution in [3.63, 3.8) is 0 Å². The summed E-state index contributed by atoms with van der Waals surface area (Å²) in [6, 6.07) is 0. The average molecular weight is 277 g/mol. The molecule has 0 aromatic rings. The fourth-order valence-electron chi connectivity index (χ4n) is 6.40. The predicted octanol–water partition coefficient (Wildman–Crippen LogP) is 3.30. The van der Waals surface area contributed by atoms with Gasteiger partial charge in [0.15, 0.2) is 0 Å². The summed E-state index contributed by atoms with van der Waals surface area (Å²) in [4.78, 5) is 2.53. The molecule has 0 aromatic carbocycles. The lowest BCUT2D eigenvalue weighted by Crippen LogP contribution is -2.54. The molecular formula is C18H31NO. The second-order valence-electron chi connectivity index (χ2n) is 9.45. The molecule has 4 bridgehead atoms. The van der Waals surface area contributed by atoms with Crippen LogP contribution in [0.1, 0.15) is 58.8 Å². The van der Waals surface area contributed by atoms with Crippen molar-refractivity contribution in [2.45, 2.75) is 64.9 Å². The Morgan fingerprint density at radius 3 is 2.05 bits per heavy atom. The molecule has 1 heterocycles. The van der Waals surface area contributed by atoms with Gasteiger partial charge in [-0.2, -0.15) is 0 Å². The van der Waals surface area contributed by atoms with Crippen molar-refractivity contribution >= 4 is 0 Å². The molecule has 1 saturated heterocycles. The molecule has 5 fully saturated rings. The zero-order valence-electron chi connectivity index (χ0n) is 13.3. The van der Waals surface area contributed by atoms with Crippen molar-refractivity contribution < 1.29 is 5.11 Å². The van der Waals surface area contributed by atoms with Crippen LogP contribution >= 0.6 is 0 Å². The molecule has 2 heteroatoms. The predicted molar refractivity (Wildman–Crippen MR) is 81.4 cm³/mol. The molecule has 1 aliphatic heterocycles. The van der Waals surface area contributed by atoms with E-state index in [2.05, 4.69) is 18.7 Å². The lowest BCUT2D eigenvalue weighted by atomic mass is 9.48. The van der Waals surface area contributed by atoms with Gasteiger partial charge in [-0.1, -0.05) is 13.8 Å². The standard InChI is InChI=1S/C18H31NO/c1-17(2)3-4-19(12-17)11-16(20)18-8-13-5-14(9-18)7-15(6-13)10-18/h13-16,20H,3-12H2,1-2H3. The molecule has 2 nitrogen and oxygen atoms in total. The van der Waals surface area contributed by atoms with Crippen molar-refractivity contribution in [1.29, 1.82) is 0 Å². The minimum absolute atomic E-state index is 0.0650. The van der Waals surface area contributed by atoms with Gasteiger partial charge in [-0.15, -0.1) is 0 Å². The maximum absolute atomic E-state index is 11.0. The third-order valence-corrected chi connectivity index (χ3v) is 6.98. The summed E-state index contributed by atoms with van der Waals surface area (Å²) in [7, 11) is 0. The first-order chi connectivity index (χ1) is 9.44. The molecule has 5 rings (SSSR count). The van der Waals surface area contributed by atoms with E-state index < -0.39 is 0 Å². The monoisotopic (exact) mass is 277 g/mol. The van der Waals surface area contributed by atoms with E-state index in [-0.39, 0.29) is 6.10 Å². The largest absolute Gasteiger partial charge is 0.391 e. The van der Waals surface area contributed by atoms with Crippen LogP contribution in [0.25, 0.3) is 0 Å². The first kappa shape index (κ1) is 13.6. The number of hydrogen-bond acceptors (Lipinski definition) is 2. The summed E-state index contributed by atoms with van der Waals surface area (Å²) in [5.41, 5.74) is 0.767. The highest BCUT2D eigenvalue weighted by Gasteiger charge is 2.54. The number of aliphatic hydroxyl groups is 1. The van der Waals surface area contributed by atoms with E-state index in [0.29, 0.717) is 10.8 Å². The smallest absolute Gasteiger partial charge is 0.0723 e. The normalized spacial score (nSPS) is 47.9. The van der Waals surface area contributed by atoms with Gasteiger partial charge < -0.3 is 10.0 Å². The Bertz CT molecular complexity index is 354. The van der Waals surface area contributed by atoms with Crippen LogP contribution in [-0.4, -0.2) is 35.7 Å². The molecule has 0 aromatic heterocycles. The van der Waals surface area contributed by atoms with Gasteiger partial charge in [0.1, 0.15) is 0 Å². The lowest BCUT2D eigenvalue weighted by molar-refractivity contribution is -0.126. The van der Waals surface area contributed by atoms with Gasteiger partial charge in [-0.25, -0.2) is 0 Å². The van der Waals surface area contributed by atoms with Gasteiger partial charge in [0, 0.05) is 13.1 Å². The van der Waals surface area contributed by atoms with Crippen LogP contribution < -0.4 is 0 Å². The maximum Gasteiger partial charge on any atom is 0.0723 e. The zero-order chi connectivity index (χ0) is 14.0. The number of β-amino-alcohol motifs (C(OH)–C–C–N with tert-alkyl or cyclic N) is 1. The van der Waals surface area contributed by atoms with Crippen LogP contribution in [0.5, 0.6) is 0 Å². The Labute approximate surface area is 123 Å². The van der Waals surface area contributed by atoms with E-state index in [4.69, 9.17) is 0 Å². The number of likely N-dealkylation sites (tertiary alicyclic amines) is 1. The molecule has 0 spiro atoms. The van der Waals surface area contributed by atoms with E-state index >= 15 is 0 Å². The van der Waals surface area contributed by atoms with Crippen molar-refractivity contribution in [2.24, 2.45) is 28.6 Å². The first-order valence-electron chi connectivity index (χ1n) is 8.85.